The van der Waals surface area contributed by atoms with Crippen molar-refractivity contribution >= 4 is 25.2 Å². The third kappa shape index (κ3) is 10.9. The van der Waals surface area contributed by atoms with E-state index < -0.39 is 44.2 Å². The third-order valence-corrected chi connectivity index (χ3v) is 5.05. The number of alkyl carbamates (subject to hydrolysis) is 1. The summed E-state index contributed by atoms with van der Waals surface area (Å²) in [5, 5.41) is 2.21. The van der Waals surface area contributed by atoms with Crippen LogP contribution in [0.5, 0.6) is 0 Å². The van der Waals surface area contributed by atoms with E-state index in [4.69, 9.17) is 9.47 Å². The van der Waals surface area contributed by atoms with Crippen molar-refractivity contribution < 1.29 is 33.3 Å². The first-order valence-corrected chi connectivity index (χ1v) is 10.5. The summed E-state index contributed by atoms with van der Waals surface area (Å²) < 4.78 is 21.9. The standard InChI is InChI=1S/C16H30NO7P/c1-6-7-8-25(21,22)10-13(18)9-17-16(20)24-15(12(4)5)23-14(19)11(2)3/h11-12,15H,6-10H2,1-5H3,(H,17,20)(H,21,22)/t15-/m1/s1. The van der Waals surface area contributed by atoms with Crippen molar-refractivity contribution in [3.8, 4) is 0 Å². The molecule has 0 aromatic carbocycles. The summed E-state index contributed by atoms with van der Waals surface area (Å²) in [7, 11) is -3.51. The lowest BCUT2D eigenvalue weighted by molar-refractivity contribution is -0.178. The minimum atomic E-state index is -3.51. The van der Waals surface area contributed by atoms with Gasteiger partial charge in [-0.05, 0) is 6.42 Å². The second kappa shape index (κ2) is 11.3. The molecule has 0 aliphatic heterocycles. The van der Waals surface area contributed by atoms with Crippen LogP contribution in [0.15, 0.2) is 0 Å². The van der Waals surface area contributed by atoms with Gasteiger partial charge in [-0.3, -0.25) is 14.2 Å². The Labute approximate surface area is 149 Å². The van der Waals surface area contributed by atoms with Gasteiger partial charge in [-0.25, -0.2) is 4.79 Å². The molecule has 0 radical (unpaired) electrons. The molecule has 0 saturated heterocycles. The average Bonchev–Trinajstić information content (AvgIpc) is 2.49. The van der Waals surface area contributed by atoms with Gasteiger partial charge in [0.05, 0.1) is 18.6 Å². The van der Waals surface area contributed by atoms with Crippen molar-refractivity contribution in [1.29, 1.82) is 0 Å². The highest BCUT2D eigenvalue weighted by Gasteiger charge is 2.25. The highest BCUT2D eigenvalue weighted by atomic mass is 31.2. The molecule has 0 aromatic heterocycles. The monoisotopic (exact) mass is 379 g/mol. The summed E-state index contributed by atoms with van der Waals surface area (Å²) in [6.45, 7) is 8.21. The molecule has 8 nitrogen and oxygen atoms in total. The zero-order chi connectivity index (χ0) is 19.6. The van der Waals surface area contributed by atoms with Crippen molar-refractivity contribution in [3.05, 3.63) is 0 Å². The van der Waals surface area contributed by atoms with Crippen LogP contribution in [0.25, 0.3) is 0 Å². The summed E-state index contributed by atoms with van der Waals surface area (Å²) in [6, 6.07) is 0. The summed E-state index contributed by atoms with van der Waals surface area (Å²) >= 11 is 0. The number of carbonyl (C=O) groups is 3. The maximum Gasteiger partial charge on any atom is 0.410 e. The highest BCUT2D eigenvalue weighted by molar-refractivity contribution is 7.58. The maximum absolute atomic E-state index is 11.8. The van der Waals surface area contributed by atoms with Crippen LogP contribution in [-0.4, -0.2) is 47.9 Å². The van der Waals surface area contributed by atoms with Crippen molar-refractivity contribution in [3.63, 3.8) is 0 Å². The number of carbonyl (C=O) groups excluding carboxylic acids is 3. The zero-order valence-corrected chi connectivity index (χ0v) is 16.5. The molecule has 0 bridgehead atoms. The Balaban J connectivity index is 4.41. The first kappa shape index (κ1) is 23.6. The lowest BCUT2D eigenvalue weighted by Gasteiger charge is -2.22. The molecule has 1 amide bonds. The molecule has 0 spiro atoms. The van der Waals surface area contributed by atoms with Crippen LogP contribution in [0.4, 0.5) is 4.79 Å². The number of ketones is 1. The molecule has 0 aliphatic rings. The number of hydrogen-bond donors (Lipinski definition) is 2. The molecule has 0 fully saturated rings. The van der Waals surface area contributed by atoms with E-state index in [2.05, 4.69) is 5.32 Å². The third-order valence-electron chi connectivity index (χ3n) is 3.19. The van der Waals surface area contributed by atoms with E-state index >= 15 is 0 Å². The number of hydrogen-bond acceptors (Lipinski definition) is 6. The van der Waals surface area contributed by atoms with Gasteiger partial charge in [-0.1, -0.05) is 41.0 Å². The fraction of sp³-hybridized carbons (Fsp3) is 0.812. The minimum Gasteiger partial charge on any atom is -0.425 e. The quantitative estimate of drug-likeness (QED) is 0.322. The van der Waals surface area contributed by atoms with Crippen molar-refractivity contribution in [2.45, 2.75) is 53.8 Å². The molecule has 0 heterocycles. The highest BCUT2D eigenvalue weighted by Crippen LogP contribution is 2.40. The SMILES string of the molecule is CCCCP(=O)(O)CC(=O)CNC(=O)O[C@@H](OC(=O)C(C)C)C(C)C. The van der Waals surface area contributed by atoms with Gasteiger partial charge >= 0.3 is 12.1 Å². The summed E-state index contributed by atoms with van der Waals surface area (Å²) in [5.41, 5.74) is 0. The summed E-state index contributed by atoms with van der Waals surface area (Å²) in [6.07, 6.45) is -1.07. The van der Waals surface area contributed by atoms with Gasteiger partial charge in [0, 0.05) is 12.1 Å². The van der Waals surface area contributed by atoms with E-state index in [0.717, 1.165) is 6.42 Å². The van der Waals surface area contributed by atoms with Gasteiger partial charge in [0.25, 0.3) is 6.29 Å². The van der Waals surface area contributed by atoms with Crippen molar-refractivity contribution in [1.82, 2.24) is 5.32 Å². The van der Waals surface area contributed by atoms with Gasteiger partial charge in [0.1, 0.15) is 0 Å². The van der Waals surface area contributed by atoms with E-state index in [0.29, 0.717) is 6.42 Å². The van der Waals surface area contributed by atoms with Crippen LogP contribution < -0.4 is 5.32 Å². The van der Waals surface area contributed by atoms with Crippen LogP contribution in [0.3, 0.4) is 0 Å². The van der Waals surface area contributed by atoms with Gasteiger partial charge in [0.2, 0.25) is 7.37 Å². The number of ether oxygens (including phenoxy) is 2. The molecule has 0 aromatic rings. The number of amides is 1. The molecule has 0 rings (SSSR count). The number of esters is 1. The van der Waals surface area contributed by atoms with Crippen molar-refractivity contribution in [2.24, 2.45) is 11.8 Å². The Hall–Kier alpha value is -1.40. The average molecular weight is 379 g/mol. The van der Waals surface area contributed by atoms with Crippen LogP contribution in [0, 0.1) is 11.8 Å². The molecule has 2 N–H and O–H groups in total. The smallest absolute Gasteiger partial charge is 0.410 e. The predicted molar refractivity (Wildman–Crippen MR) is 93.5 cm³/mol. The Morgan fingerprint density at radius 1 is 1.12 bits per heavy atom. The second-order valence-electron chi connectivity index (χ2n) is 6.58. The first-order chi connectivity index (χ1) is 11.5. The van der Waals surface area contributed by atoms with Crippen molar-refractivity contribution in [2.75, 3.05) is 18.9 Å². The Bertz CT molecular complexity index is 505. The molecule has 1 unspecified atom stereocenters. The normalized spacial score (nSPS) is 14.7. The van der Waals surface area contributed by atoms with E-state index in [9.17, 15) is 23.8 Å². The van der Waals surface area contributed by atoms with E-state index in [1.807, 2.05) is 6.92 Å². The number of rotatable bonds is 11. The number of nitrogens with one attached hydrogen (secondary N) is 1. The van der Waals surface area contributed by atoms with E-state index in [1.165, 1.54) is 0 Å². The fourth-order valence-electron chi connectivity index (χ4n) is 1.68. The maximum atomic E-state index is 11.8. The molecular formula is C16H30NO7P. The molecular weight excluding hydrogens is 349 g/mol. The van der Waals surface area contributed by atoms with Gasteiger partial charge in [-0.15, -0.1) is 0 Å². The largest absolute Gasteiger partial charge is 0.425 e. The number of unbranched alkanes of at least 4 members (excludes halogenated alkanes) is 1. The van der Waals surface area contributed by atoms with Crippen LogP contribution in [0.1, 0.15) is 47.5 Å². The first-order valence-electron chi connectivity index (χ1n) is 8.46. The van der Waals surface area contributed by atoms with Gasteiger partial charge in [0.15, 0.2) is 5.78 Å². The summed E-state index contributed by atoms with van der Waals surface area (Å²) in [5.74, 6) is -1.69. The molecule has 0 aliphatic carbocycles. The molecule has 146 valence electrons. The van der Waals surface area contributed by atoms with E-state index in [-0.39, 0.29) is 18.0 Å². The van der Waals surface area contributed by atoms with Gasteiger partial charge in [-0.2, -0.15) is 0 Å². The van der Waals surface area contributed by atoms with Crippen LogP contribution in [-0.2, 0) is 23.6 Å². The number of Topliss-reactive ketones (excluding diaryl/α,β-unsaturated/α-hetero) is 1. The van der Waals surface area contributed by atoms with Crippen LogP contribution in [0.2, 0.25) is 0 Å². The summed E-state index contributed by atoms with van der Waals surface area (Å²) in [4.78, 5) is 44.8. The predicted octanol–water partition coefficient (Wildman–Crippen LogP) is 2.53. The Kier molecular flexibility index (Phi) is 10.6. The molecule has 2 atom stereocenters. The Morgan fingerprint density at radius 3 is 2.20 bits per heavy atom. The minimum absolute atomic E-state index is 0.0836. The topological polar surface area (TPSA) is 119 Å². The van der Waals surface area contributed by atoms with Crippen LogP contribution >= 0.6 is 7.37 Å². The van der Waals surface area contributed by atoms with Gasteiger partial charge < -0.3 is 19.7 Å². The Morgan fingerprint density at radius 2 is 1.72 bits per heavy atom. The van der Waals surface area contributed by atoms with E-state index in [1.54, 1.807) is 27.7 Å². The fourth-order valence-corrected chi connectivity index (χ4v) is 3.31. The molecule has 25 heavy (non-hydrogen) atoms. The zero-order valence-electron chi connectivity index (χ0n) is 15.6. The lowest BCUT2D eigenvalue weighted by atomic mass is 10.2. The second-order valence-corrected chi connectivity index (χ2v) is 9.04. The lowest BCUT2D eigenvalue weighted by Crippen LogP contribution is -2.37. The molecule has 0 saturated carbocycles. The molecule has 9 heteroatoms.